The van der Waals surface area contributed by atoms with E-state index < -0.39 is 24.2 Å². The average molecular weight is 424 g/mol. The third kappa shape index (κ3) is 4.80. The lowest BCUT2D eigenvalue weighted by molar-refractivity contribution is 0.0965. The van der Waals surface area contributed by atoms with Gasteiger partial charge in [-0.15, -0.1) is 17.8 Å². The summed E-state index contributed by atoms with van der Waals surface area (Å²) >= 11 is 4.66. The van der Waals surface area contributed by atoms with E-state index in [-0.39, 0.29) is 6.54 Å². The van der Waals surface area contributed by atoms with Gasteiger partial charge in [0.25, 0.3) is 0 Å². The highest BCUT2D eigenvalue weighted by Gasteiger charge is 2.29. The van der Waals surface area contributed by atoms with Gasteiger partial charge in [0.15, 0.2) is 5.13 Å². The van der Waals surface area contributed by atoms with E-state index in [1.165, 1.54) is 11.3 Å². The number of aliphatic hydroxyl groups is 2. The van der Waals surface area contributed by atoms with Crippen LogP contribution in [0.25, 0.3) is 0 Å². The van der Waals surface area contributed by atoms with Crippen LogP contribution in [0.4, 0.5) is 9.93 Å². The molecule has 1 unspecified atom stereocenters. The van der Waals surface area contributed by atoms with Crippen LogP contribution in [0.3, 0.4) is 0 Å². The molecule has 2 rings (SSSR count). The number of nitrogens with zero attached hydrogens (tertiary/aromatic N) is 1. The summed E-state index contributed by atoms with van der Waals surface area (Å²) in [6.45, 7) is 1.42. The molecule has 0 saturated carbocycles. The number of rotatable bonds is 6. The smallest absolute Gasteiger partial charge is 0.321 e. The van der Waals surface area contributed by atoms with Gasteiger partial charge in [0, 0.05) is 16.4 Å². The Balaban J connectivity index is 2.12. The van der Waals surface area contributed by atoms with Gasteiger partial charge < -0.3 is 15.5 Å². The van der Waals surface area contributed by atoms with Crippen LogP contribution in [0.2, 0.25) is 0 Å². The molecule has 0 bridgehead atoms. The molecule has 0 fully saturated rings. The highest BCUT2D eigenvalue weighted by atomic mass is 79.9. The minimum Gasteiger partial charge on any atom is -0.394 e. The van der Waals surface area contributed by atoms with Crippen molar-refractivity contribution in [2.24, 2.45) is 0 Å². The summed E-state index contributed by atoms with van der Waals surface area (Å²) in [5.41, 5.74) is 0.860. The van der Waals surface area contributed by atoms with Crippen molar-refractivity contribution in [3.8, 4) is 12.3 Å². The molecule has 1 aromatic carbocycles. The van der Waals surface area contributed by atoms with Gasteiger partial charge in [-0.25, -0.2) is 9.78 Å². The molecule has 0 saturated heterocycles. The van der Waals surface area contributed by atoms with Crippen LogP contribution in [0, 0.1) is 12.3 Å². The molecular formula is C17H18BrN3O3S. The van der Waals surface area contributed by atoms with Crippen molar-refractivity contribution in [3.05, 3.63) is 45.4 Å². The Labute approximate surface area is 158 Å². The average Bonchev–Trinajstić information content (AvgIpc) is 3.08. The number of anilines is 1. The van der Waals surface area contributed by atoms with E-state index in [2.05, 4.69) is 37.5 Å². The normalized spacial score (nSPS) is 14.2. The van der Waals surface area contributed by atoms with Crippen LogP contribution < -0.4 is 10.6 Å². The van der Waals surface area contributed by atoms with E-state index in [9.17, 15) is 9.90 Å². The summed E-state index contributed by atoms with van der Waals surface area (Å²) in [7, 11) is 0. The standard InChI is InChI=1S/C17H18BrN3O3S/c1-3-17(2,11-4-6-12(18)7-5-11)14-10-25-16(20-14)21-15(24)19-8-13(23)9-22/h1,4-7,10,13,22-23H,8-9H2,2H3,(H2,19,20,21,24)/t13?,17-/m1/s1. The molecule has 4 N–H and O–H groups in total. The molecule has 0 aliphatic carbocycles. The molecule has 2 aromatic rings. The summed E-state index contributed by atoms with van der Waals surface area (Å²) in [6, 6.07) is 7.17. The molecular weight excluding hydrogens is 406 g/mol. The third-order valence-electron chi connectivity index (χ3n) is 3.66. The van der Waals surface area contributed by atoms with E-state index in [4.69, 9.17) is 11.5 Å². The summed E-state index contributed by atoms with van der Waals surface area (Å²) in [5, 5.41) is 25.2. The van der Waals surface area contributed by atoms with Crippen LogP contribution in [0.15, 0.2) is 34.1 Å². The van der Waals surface area contributed by atoms with Crippen LogP contribution in [0.5, 0.6) is 0 Å². The van der Waals surface area contributed by atoms with Crippen molar-refractivity contribution in [2.45, 2.75) is 18.4 Å². The summed E-state index contributed by atoms with van der Waals surface area (Å²) < 4.78 is 0.956. The maximum absolute atomic E-state index is 11.8. The van der Waals surface area contributed by atoms with Gasteiger partial charge in [0.05, 0.1) is 23.8 Å². The highest BCUT2D eigenvalue weighted by Crippen LogP contribution is 2.33. The molecule has 1 heterocycles. The first-order valence-corrected chi connectivity index (χ1v) is 9.10. The van der Waals surface area contributed by atoms with Gasteiger partial charge in [-0.3, -0.25) is 5.32 Å². The number of aliphatic hydroxyl groups excluding tert-OH is 2. The summed E-state index contributed by atoms with van der Waals surface area (Å²) in [4.78, 5) is 16.2. The molecule has 0 spiro atoms. The van der Waals surface area contributed by atoms with Gasteiger partial charge in [-0.2, -0.15) is 0 Å². The number of aromatic nitrogens is 1. The minimum absolute atomic E-state index is 0.0540. The number of halogens is 1. The Bertz CT molecular complexity index is 772. The van der Waals surface area contributed by atoms with Gasteiger partial charge in [0.1, 0.15) is 0 Å². The Morgan fingerprint density at radius 3 is 2.76 bits per heavy atom. The maximum atomic E-state index is 11.8. The van der Waals surface area contributed by atoms with Crippen molar-refractivity contribution < 1.29 is 15.0 Å². The zero-order chi connectivity index (χ0) is 18.4. The second-order valence-electron chi connectivity index (χ2n) is 5.49. The predicted molar refractivity (Wildman–Crippen MR) is 102 cm³/mol. The van der Waals surface area contributed by atoms with Crippen molar-refractivity contribution in [2.75, 3.05) is 18.5 Å². The fourth-order valence-electron chi connectivity index (χ4n) is 2.07. The van der Waals surface area contributed by atoms with E-state index in [0.29, 0.717) is 10.8 Å². The Morgan fingerprint density at radius 1 is 1.48 bits per heavy atom. The van der Waals surface area contributed by atoms with E-state index in [1.807, 2.05) is 31.2 Å². The number of carbonyl (C=O) groups excluding carboxylic acids is 1. The van der Waals surface area contributed by atoms with Crippen molar-refractivity contribution in [3.63, 3.8) is 0 Å². The first-order chi connectivity index (χ1) is 11.9. The summed E-state index contributed by atoms with van der Waals surface area (Å²) in [6.07, 6.45) is 4.77. The van der Waals surface area contributed by atoms with Crippen LogP contribution >= 0.6 is 27.3 Å². The second kappa shape index (κ2) is 8.45. The molecule has 1 aromatic heterocycles. The lowest BCUT2D eigenvalue weighted by Crippen LogP contribution is -2.36. The quantitative estimate of drug-likeness (QED) is 0.536. The Morgan fingerprint density at radius 2 is 2.16 bits per heavy atom. The molecule has 0 aliphatic rings. The first kappa shape index (κ1) is 19.4. The molecule has 6 nitrogen and oxygen atoms in total. The lowest BCUT2D eigenvalue weighted by atomic mass is 9.81. The van der Waals surface area contributed by atoms with E-state index in [1.54, 1.807) is 5.38 Å². The van der Waals surface area contributed by atoms with Crippen molar-refractivity contribution >= 4 is 38.4 Å². The fourth-order valence-corrected chi connectivity index (χ4v) is 3.14. The van der Waals surface area contributed by atoms with Crippen LogP contribution in [-0.2, 0) is 5.41 Å². The van der Waals surface area contributed by atoms with Crippen LogP contribution in [0.1, 0.15) is 18.2 Å². The number of urea groups is 1. The van der Waals surface area contributed by atoms with Gasteiger partial charge in [0.2, 0.25) is 0 Å². The number of benzene rings is 1. The van der Waals surface area contributed by atoms with Crippen molar-refractivity contribution in [1.82, 2.24) is 10.3 Å². The number of carbonyl (C=O) groups is 1. The second-order valence-corrected chi connectivity index (χ2v) is 7.26. The zero-order valence-corrected chi connectivity index (χ0v) is 15.9. The topological polar surface area (TPSA) is 94.5 Å². The molecule has 25 heavy (non-hydrogen) atoms. The SMILES string of the molecule is C#C[C@](C)(c1ccc(Br)cc1)c1csc(NC(=O)NCC(O)CO)n1. The molecule has 0 aliphatic heterocycles. The predicted octanol–water partition coefficient (Wildman–Crippen LogP) is 2.32. The number of amides is 2. The number of hydrogen-bond donors (Lipinski definition) is 4. The number of terminal acetylenes is 1. The third-order valence-corrected chi connectivity index (χ3v) is 4.94. The van der Waals surface area contributed by atoms with Gasteiger partial charge >= 0.3 is 6.03 Å². The van der Waals surface area contributed by atoms with Gasteiger partial charge in [-0.1, -0.05) is 34.0 Å². The summed E-state index contributed by atoms with van der Waals surface area (Å²) in [5.74, 6) is 2.78. The number of thiazole rings is 1. The van der Waals surface area contributed by atoms with Crippen molar-refractivity contribution in [1.29, 1.82) is 0 Å². The lowest BCUT2D eigenvalue weighted by Gasteiger charge is -2.22. The molecule has 2 atom stereocenters. The molecule has 132 valence electrons. The molecule has 0 radical (unpaired) electrons. The zero-order valence-electron chi connectivity index (χ0n) is 13.5. The Hall–Kier alpha value is -1.92. The first-order valence-electron chi connectivity index (χ1n) is 7.42. The van der Waals surface area contributed by atoms with E-state index >= 15 is 0 Å². The fraction of sp³-hybridized carbons (Fsp3) is 0.294. The maximum Gasteiger partial charge on any atom is 0.321 e. The molecule has 2 amide bonds. The monoisotopic (exact) mass is 423 g/mol. The minimum atomic E-state index is -1.00. The number of hydrogen-bond acceptors (Lipinski definition) is 5. The van der Waals surface area contributed by atoms with E-state index in [0.717, 1.165) is 10.0 Å². The molecule has 8 heteroatoms. The largest absolute Gasteiger partial charge is 0.394 e. The number of nitrogens with one attached hydrogen (secondary N) is 2. The van der Waals surface area contributed by atoms with Gasteiger partial charge in [-0.05, 0) is 24.6 Å². The highest BCUT2D eigenvalue weighted by molar-refractivity contribution is 9.10. The van der Waals surface area contributed by atoms with Crippen LogP contribution in [-0.4, -0.2) is 40.5 Å². The Kier molecular flexibility index (Phi) is 6.56.